The molecule has 0 fully saturated rings. The van der Waals surface area contributed by atoms with Crippen molar-refractivity contribution in [1.82, 2.24) is 4.90 Å². The Labute approximate surface area is 84.6 Å². The van der Waals surface area contributed by atoms with Crippen LogP contribution < -0.4 is 0 Å². The van der Waals surface area contributed by atoms with Crippen molar-refractivity contribution in [2.24, 2.45) is 4.99 Å². The van der Waals surface area contributed by atoms with Gasteiger partial charge in [-0.05, 0) is 12.5 Å². The highest BCUT2D eigenvalue weighted by Crippen LogP contribution is 2.11. The standard InChI is InChI=1S/C12H14N2/c1-10-8-13-12(9-14(10)2)11-6-4-3-5-7-11/h3-8H,9H2,1-2H3. The maximum absolute atomic E-state index is 4.44. The molecule has 0 N–H and O–H groups in total. The smallest absolute Gasteiger partial charge is 0.0669 e. The van der Waals surface area contributed by atoms with E-state index < -0.39 is 0 Å². The fourth-order valence-corrected chi connectivity index (χ4v) is 1.46. The summed E-state index contributed by atoms with van der Waals surface area (Å²) >= 11 is 0. The third-order valence-corrected chi connectivity index (χ3v) is 2.50. The van der Waals surface area contributed by atoms with E-state index >= 15 is 0 Å². The maximum Gasteiger partial charge on any atom is 0.0669 e. The zero-order valence-corrected chi connectivity index (χ0v) is 8.57. The number of likely N-dealkylation sites (N-methyl/N-ethyl adjacent to an activating group) is 1. The summed E-state index contributed by atoms with van der Waals surface area (Å²) < 4.78 is 0. The molecule has 0 aliphatic carbocycles. The van der Waals surface area contributed by atoms with Gasteiger partial charge in [0.2, 0.25) is 0 Å². The Balaban J connectivity index is 2.30. The molecule has 2 rings (SSSR count). The van der Waals surface area contributed by atoms with Crippen molar-refractivity contribution in [3.63, 3.8) is 0 Å². The molecule has 1 aromatic rings. The first-order valence-corrected chi connectivity index (χ1v) is 4.77. The largest absolute Gasteiger partial charge is 0.371 e. The number of benzene rings is 1. The zero-order chi connectivity index (χ0) is 9.97. The van der Waals surface area contributed by atoms with Crippen molar-refractivity contribution in [3.05, 3.63) is 47.8 Å². The van der Waals surface area contributed by atoms with E-state index in [0.29, 0.717) is 0 Å². The summed E-state index contributed by atoms with van der Waals surface area (Å²) in [7, 11) is 2.09. The lowest BCUT2D eigenvalue weighted by Crippen LogP contribution is -2.27. The van der Waals surface area contributed by atoms with Crippen LogP contribution in [0.25, 0.3) is 0 Å². The van der Waals surface area contributed by atoms with E-state index in [0.717, 1.165) is 12.3 Å². The molecule has 0 atom stereocenters. The third-order valence-electron chi connectivity index (χ3n) is 2.50. The van der Waals surface area contributed by atoms with Crippen LogP contribution >= 0.6 is 0 Å². The molecule has 0 aromatic heterocycles. The highest BCUT2D eigenvalue weighted by atomic mass is 15.1. The van der Waals surface area contributed by atoms with Crippen LogP contribution in [0, 0.1) is 0 Å². The zero-order valence-electron chi connectivity index (χ0n) is 8.57. The van der Waals surface area contributed by atoms with Gasteiger partial charge in [-0.3, -0.25) is 4.99 Å². The molecule has 1 heterocycles. The number of nitrogens with zero attached hydrogens (tertiary/aromatic N) is 2. The Hall–Kier alpha value is -1.57. The average molecular weight is 186 g/mol. The van der Waals surface area contributed by atoms with Gasteiger partial charge in [0.05, 0.1) is 12.3 Å². The molecule has 0 amide bonds. The SMILES string of the molecule is CC1=CN=C(c2ccccc2)CN1C. The number of hydrogen-bond donors (Lipinski definition) is 0. The molecule has 14 heavy (non-hydrogen) atoms. The van der Waals surface area contributed by atoms with E-state index in [9.17, 15) is 0 Å². The minimum Gasteiger partial charge on any atom is -0.371 e. The first kappa shape index (κ1) is 9.00. The third kappa shape index (κ3) is 1.69. The molecule has 2 nitrogen and oxygen atoms in total. The summed E-state index contributed by atoms with van der Waals surface area (Å²) in [5.41, 5.74) is 3.56. The minimum absolute atomic E-state index is 0.895. The second-order valence-electron chi connectivity index (χ2n) is 3.57. The van der Waals surface area contributed by atoms with Crippen molar-refractivity contribution in [2.45, 2.75) is 6.92 Å². The Bertz CT molecular complexity index is 377. The summed E-state index contributed by atoms with van der Waals surface area (Å²) in [4.78, 5) is 6.65. The van der Waals surface area contributed by atoms with Gasteiger partial charge in [0.15, 0.2) is 0 Å². The fraction of sp³-hybridized carbons (Fsp3) is 0.250. The van der Waals surface area contributed by atoms with Gasteiger partial charge in [0.25, 0.3) is 0 Å². The van der Waals surface area contributed by atoms with E-state index in [4.69, 9.17) is 0 Å². The van der Waals surface area contributed by atoms with Crippen LogP contribution in [-0.2, 0) is 0 Å². The second kappa shape index (κ2) is 3.66. The Morgan fingerprint density at radius 3 is 2.57 bits per heavy atom. The topological polar surface area (TPSA) is 15.6 Å². The van der Waals surface area contributed by atoms with Crippen LogP contribution in [0.2, 0.25) is 0 Å². The predicted molar refractivity (Wildman–Crippen MR) is 59.4 cm³/mol. The minimum atomic E-state index is 0.895. The van der Waals surface area contributed by atoms with Gasteiger partial charge in [-0.15, -0.1) is 0 Å². The van der Waals surface area contributed by atoms with E-state index in [1.165, 1.54) is 11.3 Å². The van der Waals surface area contributed by atoms with Crippen LogP contribution in [0.15, 0.2) is 47.2 Å². The van der Waals surface area contributed by atoms with Crippen LogP contribution in [0.5, 0.6) is 0 Å². The summed E-state index contributed by atoms with van der Waals surface area (Å²) in [6, 6.07) is 10.3. The van der Waals surface area contributed by atoms with Crippen LogP contribution in [0.1, 0.15) is 12.5 Å². The van der Waals surface area contributed by atoms with Crippen LogP contribution in [-0.4, -0.2) is 24.2 Å². The fourth-order valence-electron chi connectivity index (χ4n) is 1.46. The highest BCUT2D eigenvalue weighted by Gasteiger charge is 2.10. The van der Waals surface area contributed by atoms with Crippen molar-refractivity contribution < 1.29 is 0 Å². The van der Waals surface area contributed by atoms with E-state index in [1.807, 2.05) is 24.4 Å². The van der Waals surface area contributed by atoms with E-state index in [-0.39, 0.29) is 0 Å². The molecule has 0 bridgehead atoms. The number of rotatable bonds is 1. The molecule has 0 saturated carbocycles. The van der Waals surface area contributed by atoms with Crippen molar-refractivity contribution in [3.8, 4) is 0 Å². The maximum atomic E-state index is 4.44. The van der Waals surface area contributed by atoms with Gasteiger partial charge in [-0.2, -0.15) is 0 Å². The summed E-state index contributed by atoms with van der Waals surface area (Å²) in [6.45, 7) is 2.97. The molecule has 0 spiro atoms. The quantitative estimate of drug-likeness (QED) is 0.657. The van der Waals surface area contributed by atoms with E-state index in [2.05, 4.69) is 36.0 Å². The van der Waals surface area contributed by atoms with Gasteiger partial charge in [-0.25, -0.2) is 0 Å². The molecule has 0 unspecified atom stereocenters. The number of allylic oxidation sites excluding steroid dienone is 1. The average Bonchev–Trinajstić information content (AvgIpc) is 2.23. The molecule has 72 valence electrons. The molecule has 0 saturated heterocycles. The molecule has 1 aliphatic rings. The van der Waals surface area contributed by atoms with Gasteiger partial charge in [0.1, 0.15) is 0 Å². The monoisotopic (exact) mass is 186 g/mol. The lowest BCUT2D eigenvalue weighted by molar-refractivity contribution is 0.471. The highest BCUT2D eigenvalue weighted by molar-refractivity contribution is 6.02. The Morgan fingerprint density at radius 1 is 1.21 bits per heavy atom. The van der Waals surface area contributed by atoms with E-state index in [1.54, 1.807) is 0 Å². The van der Waals surface area contributed by atoms with Gasteiger partial charge in [0, 0.05) is 18.9 Å². The van der Waals surface area contributed by atoms with Crippen LogP contribution in [0.4, 0.5) is 0 Å². The lowest BCUT2D eigenvalue weighted by atomic mass is 10.1. The molecule has 0 radical (unpaired) electrons. The van der Waals surface area contributed by atoms with Crippen molar-refractivity contribution in [1.29, 1.82) is 0 Å². The second-order valence-corrected chi connectivity index (χ2v) is 3.57. The molecule has 2 heteroatoms. The van der Waals surface area contributed by atoms with Gasteiger partial charge >= 0.3 is 0 Å². The summed E-state index contributed by atoms with van der Waals surface area (Å²) in [5, 5.41) is 0. The first-order valence-electron chi connectivity index (χ1n) is 4.77. The van der Waals surface area contributed by atoms with Crippen molar-refractivity contribution >= 4 is 5.71 Å². The first-order chi connectivity index (χ1) is 6.77. The normalized spacial score (nSPS) is 16.3. The predicted octanol–water partition coefficient (Wildman–Crippen LogP) is 2.28. The van der Waals surface area contributed by atoms with Gasteiger partial charge < -0.3 is 4.90 Å². The lowest BCUT2D eigenvalue weighted by Gasteiger charge is -2.23. The number of hydrogen-bond acceptors (Lipinski definition) is 2. The molecule has 1 aromatic carbocycles. The van der Waals surface area contributed by atoms with Gasteiger partial charge in [-0.1, -0.05) is 30.3 Å². The molecular formula is C12H14N2. The summed E-state index contributed by atoms with van der Waals surface area (Å²) in [5.74, 6) is 0. The molecular weight excluding hydrogens is 172 g/mol. The Morgan fingerprint density at radius 2 is 1.93 bits per heavy atom. The Kier molecular flexibility index (Phi) is 2.35. The molecule has 1 aliphatic heterocycles. The number of aliphatic imine (C=N–C) groups is 1. The van der Waals surface area contributed by atoms with Crippen LogP contribution in [0.3, 0.4) is 0 Å². The summed E-state index contributed by atoms with van der Waals surface area (Å²) in [6.07, 6.45) is 1.92. The van der Waals surface area contributed by atoms with Crippen molar-refractivity contribution in [2.75, 3.05) is 13.6 Å².